The lowest BCUT2D eigenvalue weighted by Gasteiger charge is -2.44. The van der Waals surface area contributed by atoms with Crippen LogP contribution < -0.4 is 4.74 Å². The predicted octanol–water partition coefficient (Wildman–Crippen LogP) is 4.46. The number of Topliss-reactive ketones (excluding diaryl/α,β-unsaturated/α-hetero) is 1. The van der Waals surface area contributed by atoms with Crippen LogP contribution in [0.25, 0.3) is 0 Å². The number of ketones is 1. The number of benzene rings is 2. The van der Waals surface area contributed by atoms with E-state index >= 15 is 0 Å². The summed E-state index contributed by atoms with van der Waals surface area (Å²) in [5, 5.41) is 0.511. The molecule has 0 radical (unpaired) electrons. The Morgan fingerprint density at radius 3 is 2.42 bits per heavy atom. The summed E-state index contributed by atoms with van der Waals surface area (Å²) >= 11 is 6.44. The van der Waals surface area contributed by atoms with Crippen LogP contribution in [0.2, 0.25) is 5.02 Å². The molecule has 0 aliphatic heterocycles. The highest BCUT2D eigenvalue weighted by atomic mass is 35.5. The molecule has 1 unspecified atom stereocenters. The third kappa shape index (κ3) is 3.10. The standard InChI is InChI=1S/C21H22ClNO3/c1-23(20(25)15-10-12-16(26-2)13-11-15)21(14-6-5-9-19(21)24)17-7-3-4-8-18(17)22/h3-4,7-8,10-13H,5-6,9,14H2,1-2H3. The molecule has 136 valence electrons. The van der Waals surface area contributed by atoms with Gasteiger partial charge in [0.25, 0.3) is 5.91 Å². The maximum atomic E-state index is 13.2. The maximum absolute atomic E-state index is 13.2. The summed E-state index contributed by atoms with van der Waals surface area (Å²) in [4.78, 5) is 27.8. The van der Waals surface area contributed by atoms with Crippen molar-refractivity contribution in [2.45, 2.75) is 31.2 Å². The monoisotopic (exact) mass is 371 g/mol. The van der Waals surface area contributed by atoms with E-state index in [0.29, 0.717) is 34.7 Å². The van der Waals surface area contributed by atoms with E-state index in [4.69, 9.17) is 16.3 Å². The maximum Gasteiger partial charge on any atom is 0.254 e. The van der Waals surface area contributed by atoms with Crippen molar-refractivity contribution < 1.29 is 14.3 Å². The van der Waals surface area contributed by atoms with E-state index in [1.165, 1.54) is 0 Å². The molecule has 2 aromatic carbocycles. The van der Waals surface area contributed by atoms with Crippen molar-refractivity contribution in [1.29, 1.82) is 0 Å². The van der Waals surface area contributed by atoms with Gasteiger partial charge in [-0.25, -0.2) is 0 Å². The van der Waals surface area contributed by atoms with Gasteiger partial charge in [0.2, 0.25) is 0 Å². The first-order chi connectivity index (χ1) is 12.5. The zero-order valence-corrected chi connectivity index (χ0v) is 15.8. The Labute approximate surface area is 158 Å². The molecule has 0 spiro atoms. The Morgan fingerprint density at radius 1 is 1.12 bits per heavy atom. The molecule has 0 N–H and O–H groups in total. The molecule has 1 atom stereocenters. The van der Waals surface area contributed by atoms with E-state index in [-0.39, 0.29) is 11.7 Å². The quantitative estimate of drug-likeness (QED) is 0.797. The summed E-state index contributed by atoms with van der Waals surface area (Å²) in [7, 11) is 3.27. The molecule has 0 aromatic heterocycles. The van der Waals surface area contributed by atoms with Crippen LogP contribution in [0.3, 0.4) is 0 Å². The second-order valence-electron chi connectivity index (χ2n) is 6.56. The fourth-order valence-electron chi connectivity index (χ4n) is 3.73. The van der Waals surface area contributed by atoms with Gasteiger partial charge in [-0.3, -0.25) is 9.59 Å². The van der Waals surface area contributed by atoms with Crippen molar-refractivity contribution in [3.05, 3.63) is 64.7 Å². The molecule has 1 aliphatic rings. The minimum atomic E-state index is -1.02. The van der Waals surface area contributed by atoms with Gasteiger partial charge in [0, 0.05) is 29.6 Å². The van der Waals surface area contributed by atoms with Crippen LogP contribution in [0.4, 0.5) is 0 Å². The first-order valence-electron chi connectivity index (χ1n) is 8.71. The molecule has 3 rings (SSSR count). The summed E-state index contributed by atoms with van der Waals surface area (Å²) in [6, 6.07) is 14.2. The summed E-state index contributed by atoms with van der Waals surface area (Å²) in [6.07, 6.45) is 2.74. The molecule has 2 aromatic rings. The average molecular weight is 372 g/mol. The Balaban J connectivity index is 2.05. The minimum absolute atomic E-state index is 0.0428. The van der Waals surface area contributed by atoms with Crippen molar-refractivity contribution in [3.8, 4) is 5.75 Å². The summed E-state index contributed by atoms with van der Waals surface area (Å²) in [6.45, 7) is 0. The molecule has 1 saturated carbocycles. The van der Waals surface area contributed by atoms with Crippen LogP contribution in [-0.4, -0.2) is 30.7 Å². The van der Waals surface area contributed by atoms with E-state index in [1.54, 1.807) is 49.4 Å². The fourth-order valence-corrected chi connectivity index (χ4v) is 4.02. The minimum Gasteiger partial charge on any atom is -0.497 e. The Morgan fingerprint density at radius 2 is 1.81 bits per heavy atom. The molecular formula is C21H22ClNO3. The van der Waals surface area contributed by atoms with Gasteiger partial charge in [0.05, 0.1) is 7.11 Å². The Hall–Kier alpha value is -2.33. The Kier molecular flexibility index (Phi) is 5.33. The van der Waals surface area contributed by atoms with Gasteiger partial charge in [0.15, 0.2) is 5.78 Å². The van der Waals surface area contributed by atoms with Gasteiger partial charge in [-0.15, -0.1) is 0 Å². The van der Waals surface area contributed by atoms with Gasteiger partial charge < -0.3 is 9.64 Å². The van der Waals surface area contributed by atoms with Crippen LogP contribution in [-0.2, 0) is 10.3 Å². The van der Waals surface area contributed by atoms with Crippen LogP contribution in [0, 0.1) is 0 Å². The number of halogens is 1. The van der Waals surface area contributed by atoms with Gasteiger partial charge in [0.1, 0.15) is 11.3 Å². The zero-order chi connectivity index (χ0) is 18.7. The van der Waals surface area contributed by atoms with E-state index in [0.717, 1.165) is 12.8 Å². The molecule has 4 nitrogen and oxygen atoms in total. The molecule has 1 amide bonds. The predicted molar refractivity (Wildman–Crippen MR) is 102 cm³/mol. The van der Waals surface area contributed by atoms with Crippen molar-refractivity contribution in [1.82, 2.24) is 4.90 Å². The van der Waals surface area contributed by atoms with Crippen molar-refractivity contribution >= 4 is 23.3 Å². The van der Waals surface area contributed by atoms with Crippen LogP contribution in [0.5, 0.6) is 5.75 Å². The molecule has 26 heavy (non-hydrogen) atoms. The van der Waals surface area contributed by atoms with E-state index < -0.39 is 5.54 Å². The van der Waals surface area contributed by atoms with Crippen molar-refractivity contribution in [3.63, 3.8) is 0 Å². The van der Waals surface area contributed by atoms with Gasteiger partial charge in [-0.2, -0.15) is 0 Å². The number of rotatable bonds is 4. The van der Waals surface area contributed by atoms with E-state index in [9.17, 15) is 9.59 Å². The average Bonchev–Trinajstić information content (AvgIpc) is 2.68. The highest BCUT2D eigenvalue weighted by molar-refractivity contribution is 6.31. The molecule has 1 aliphatic carbocycles. The number of ether oxygens (including phenoxy) is 1. The van der Waals surface area contributed by atoms with E-state index in [1.807, 2.05) is 18.2 Å². The second-order valence-corrected chi connectivity index (χ2v) is 6.97. The largest absolute Gasteiger partial charge is 0.497 e. The first-order valence-corrected chi connectivity index (χ1v) is 9.09. The van der Waals surface area contributed by atoms with Crippen LogP contribution in [0.1, 0.15) is 41.6 Å². The molecular weight excluding hydrogens is 350 g/mol. The summed E-state index contributed by atoms with van der Waals surface area (Å²) in [5.41, 5.74) is 0.196. The van der Waals surface area contributed by atoms with Crippen LogP contribution in [0.15, 0.2) is 48.5 Å². The molecule has 0 saturated heterocycles. The second kappa shape index (κ2) is 7.50. The third-order valence-electron chi connectivity index (χ3n) is 5.19. The van der Waals surface area contributed by atoms with Gasteiger partial charge in [-0.05, 0) is 49.6 Å². The van der Waals surface area contributed by atoms with E-state index in [2.05, 4.69) is 0 Å². The molecule has 0 heterocycles. The van der Waals surface area contributed by atoms with Crippen LogP contribution >= 0.6 is 11.6 Å². The molecule has 0 bridgehead atoms. The SMILES string of the molecule is COc1ccc(C(=O)N(C)C2(c3ccccc3Cl)CCCCC2=O)cc1. The third-order valence-corrected chi connectivity index (χ3v) is 5.52. The number of hydrogen-bond donors (Lipinski definition) is 0. The highest BCUT2D eigenvalue weighted by Crippen LogP contribution is 2.42. The fraction of sp³-hybridized carbons (Fsp3) is 0.333. The summed E-state index contributed by atoms with van der Waals surface area (Å²) < 4.78 is 5.15. The van der Waals surface area contributed by atoms with Gasteiger partial charge >= 0.3 is 0 Å². The zero-order valence-electron chi connectivity index (χ0n) is 15.0. The number of carbonyl (C=O) groups excluding carboxylic acids is 2. The number of likely N-dealkylation sites (N-methyl/N-ethyl adjacent to an activating group) is 1. The molecule has 5 heteroatoms. The number of amides is 1. The molecule has 1 fully saturated rings. The lowest BCUT2D eigenvalue weighted by atomic mass is 9.74. The van der Waals surface area contributed by atoms with Gasteiger partial charge in [-0.1, -0.05) is 29.8 Å². The van der Waals surface area contributed by atoms with Crippen molar-refractivity contribution in [2.75, 3.05) is 14.2 Å². The number of methoxy groups -OCH3 is 1. The normalized spacial score (nSPS) is 19.9. The smallest absolute Gasteiger partial charge is 0.254 e. The number of hydrogen-bond acceptors (Lipinski definition) is 3. The summed E-state index contributed by atoms with van der Waals surface area (Å²) in [5.74, 6) is 0.516. The topological polar surface area (TPSA) is 46.6 Å². The number of nitrogens with zero attached hydrogens (tertiary/aromatic N) is 1. The first kappa shape index (κ1) is 18.5. The Bertz CT molecular complexity index is 818. The lowest BCUT2D eigenvalue weighted by molar-refractivity contribution is -0.132. The lowest BCUT2D eigenvalue weighted by Crippen LogP contribution is -2.54. The highest BCUT2D eigenvalue weighted by Gasteiger charge is 2.48. The van der Waals surface area contributed by atoms with Crippen molar-refractivity contribution in [2.24, 2.45) is 0 Å². The number of carbonyl (C=O) groups is 2.